The van der Waals surface area contributed by atoms with Crippen LogP contribution in [0.15, 0.2) is 67.0 Å². The Morgan fingerprint density at radius 3 is 2.61 bits per heavy atom. The number of rotatable bonds is 8. The summed E-state index contributed by atoms with van der Waals surface area (Å²) in [6.45, 7) is 1.31. The lowest BCUT2D eigenvalue weighted by Crippen LogP contribution is -2.29. The first-order valence-electron chi connectivity index (χ1n) is 9.47. The van der Waals surface area contributed by atoms with Gasteiger partial charge in [-0.25, -0.2) is 4.79 Å². The fraction of sp³-hybridized carbons (Fsp3) is 0.273. The topological polar surface area (TPSA) is 62.2 Å². The molecule has 1 aromatic heterocycles. The highest BCUT2D eigenvalue weighted by Crippen LogP contribution is 2.14. The molecule has 3 aromatic rings. The normalized spacial score (nSPS) is 10.5. The van der Waals surface area contributed by atoms with E-state index in [4.69, 9.17) is 0 Å². The van der Waals surface area contributed by atoms with E-state index in [1.165, 1.54) is 11.3 Å². The minimum absolute atomic E-state index is 0.181. The summed E-state index contributed by atoms with van der Waals surface area (Å²) in [4.78, 5) is 14.2. The van der Waals surface area contributed by atoms with Gasteiger partial charge in [0.2, 0.25) is 0 Å². The van der Waals surface area contributed by atoms with Gasteiger partial charge in [0.1, 0.15) is 0 Å². The van der Waals surface area contributed by atoms with E-state index < -0.39 is 0 Å². The molecule has 0 atom stereocenters. The quantitative estimate of drug-likeness (QED) is 0.588. The Morgan fingerprint density at radius 2 is 1.89 bits per heavy atom. The maximum absolute atomic E-state index is 12.1. The molecule has 0 aliphatic carbocycles. The van der Waals surface area contributed by atoms with Gasteiger partial charge in [-0.3, -0.25) is 4.68 Å². The number of urea groups is 1. The summed E-state index contributed by atoms with van der Waals surface area (Å²) in [5.41, 5.74) is 4.33. The predicted molar refractivity (Wildman–Crippen MR) is 114 cm³/mol. The monoisotopic (exact) mass is 377 g/mol. The van der Waals surface area contributed by atoms with Crippen molar-refractivity contribution in [1.29, 1.82) is 0 Å². The van der Waals surface area contributed by atoms with Crippen LogP contribution in [0, 0.1) is 0 Å². The standard InChI is InChI=1S/C22H27N5O/c1-26(2)21-11-9-18(10-12-21)7-4-13-23-22(28)25-20-8-3-6-19(16-20)17-27-15-5-14-24-27/h3,5-6,8-12,14-16H,4,7,13,17H2,1-2H3,(H2,23,25,28). The summed E-state index contributed by atoms with van der Waals surface area (Å²) in [5, 5.41) is 10.0. The van der Waals surface area contributed by atoms with Gasteiger partial charge in [0.25, 0.3) is 0 Å². The maximum Gasteiger partial charge on any atom is 0.319 e. The van der Waals surface area contributed by atoms with E-state index in [2.05, 4.69) is 44.9 Å². The van der Waals surface area contributed by atoms with Crippen LogP contribution in [0.5, 0.6) is 0 Å². The van der Waals surface area contributed by atoms with Crippen molar-refractivity contribution in [3.8, 4) is 0 Å². The molecule has 146 valence electrons. The lowest BCUT2D eigenvalue weighted by molar-refractivity contribution is 0.252. The first-order valence-corrected chi connectivity index (χ1v) is 9.47. The number of aryl methyl sites for hydroxylation is 1. The summed E-state index contributed by atoms with van der Waals surface area (Å²) in [7, 11) is 4.06. The van der Waals surface area contributed by atoms with Crippen LogP contribution in [0.3, 0.4) is 0 Å². The summed E-state index contributed by atoms with van der Waals surface area (Å²) < 4.78 is 1.85. The van der Waals surface area contributed by atoms with Gasteiger partial charge in [-0.15, -0.1) is 0 Å². The Morgan fingerprint density at radius 1 is 1.07 bits per heavy atom. The molecule has 0 spiro atoms. The predicted octanol–water partition coefficient (Wildman–Crippen LogP) is 3.75. The number of hydrogen-bond donors (Lipinski definition) is 2. The van der Waals surface area contributed by atoms with Gasteiger partial charge in [0.05, 0.1) is 6.54 Å². The fourth-order valence-electron chi connectivity index (χ4n) is 2.96. The molecule has 0 radical (unpaired) electrons. The Hall–Kier alpha value is -3.28. The molecule has 6 heteroatoms. The minimum Gasteiger partial charge on any atom is -0.378 e. The van der Waals surface area contributed by atoms with Crippen LogP contribution in [-0.4, -0.2) is 36.5 Å². The molecule has 0 unspecified atom stereocenters. The molecule has 2 aromatic carbocycles. The Kier molecular flexibility index (Phi) is 6.68. The van der Waals surface area contributed by atoms with Crippen molar-refractivity contribution in [3.63, 3.8) is 0 Å². The number of aromatic nitrogens is 2. The summed E-state index contributed by atoms with van der Waals surface area (Å²) in [6, 6.07) is 18.0. The first-order chi connectivity index (χ1) is 13.6. The largest absolute Gasteiger partial charge is 0.378 e. The third-order valence-electron chi connectivity index (χ3n) is 4.47. The molecule has 2 amide bonds. The van der Waals surface area contributed by atoms with Gasteiger partial charge in [0, 0.05) is 44.4 Å². The van der Waals surface area contributed by atoms with Crippen LogP contribution in [0.2, 0.25) is 0 Å². The lowest BCUT2D eigenvalue weighted by atomic mass is 10.1. The van der Waals surface area contributed by atoms with E-state index in [1.807, 2.05) is 55.3 Å². The summed E-state index contributed by atoms with van der Waals surface area (Å²) >= 11 is 0. The number of benzene rings is 2. The highest BCUT2D eigenvalue weighted by atomic mass is 16.2. The van der Waals surface area contributed by atoms with Crippen molar-refractivity contribution < 1.29 is 4.79 Å². The van der Waals surface area contributed by atoms with Gasteiger partial charge in [-0.2, -0.15) is 5.10 Å². The zero-order valence-electron chi connectivity index (χ0n) is 16.4. The molecule has 1 heterocycles. The third-order valence-corrected chi connectivity index (χ3v) is 4.47. The second-order valence-electron chi connectivity index (χ2n) is 6.95. The summed E-state index contributed by atoms with van der Waals surface area (Å²) in [5.74, 6) is 0. The Bertz CT molecular complexity index is 872. The van der Waals surface area contributed by atoms with Crippen LogP contribution in [0.25, 0.3) is 0 Å². The van der Waals surface area contributed by atoms with Crippen molar-refractivity contribution in [2.24, 2.45) is 0 Å². The second kappa shape index (κ2) is 9.60. The molecule has 0 aliphatic heterocycles. The second-order valence-corrected chi connectivity index (χ2v) is 6.95. The van der Waals surface area contributed by atoms with Crippen LogP contribution < -0.4 is 15.5 Å². The maximum atomic E-state index is 12.1. The van der Waals surface area contributed by atoms with E-state index in [0.29, 0.717) is 13.1 Å². The fourth-order valence-corrected chi connectivity index (χ4v) is 2.96. The third kappa shape index (κ3) is 5.87. The molecule has 6 nitrogen and oxygen atoms in total. The first kappa shape index (κ1) is 19.5. The van der Waals surface area contributed by atoms with Gasteiger partial charge < -0.3 is 15.5 Å². The van der Waals surface area contributed by atoms with Crippen LogP contribution in [-0.2, 0) is 13.0 Å². The van der Waals surface area contributed by atoms with Crippen molar-refractivity contribution in [3.05, 3.63) is 78.1 Å². The highest BCUT2D eigenvalue weighted by Gasteiger charge is 2.03. The number of nitrogens with zero attached hydrogens (tertiary/aromatic N) is 3. The zero-order valence-corrected chi connectivity index (χ0v) is 16.4. The SMILES string of the molecule is CN(C)c1ccc(CCCNC(=O)Nc2cccc(Cn3cccn3)c2)cc1. The van der Waals surface area contributed by atoms with Crippen LogP contribution >= 0.6 is 0 Å². The average molecular weight is 377 g/mol. The molecule has 0 bridgehead atoms. The molecule has 2 N–H and O–H groups in total. The average Bonchev–Trinajstić information content (AvgIpc) is 3.19. The minimum atomic E-state index is -0.181. The van der Waals surface area contributed by atoms with E-state index in [1.54, 1.807) is 6.20 Å². The smallest absolute Gasteiger partial charge is 0.319 e. The Labute approximate surface area is 166 Å². The van der Waals surface area contributed by atoms with Gasteiger partial charge in [-0.05, 0) is 54.3 Å². The van der Waals surface area contributed by atoms with Crippen molar-refractivity contribution >= 4 is 17.4 Å². The molecule has 0 saturated heterocycles. The van der Waals surface area contributed by atoms with Gasteiger partial charge in [0.15, 0.2) is 0 Å². The highest BCUT2D eigenvalue weighted by molar-refractivity contribution is 5.89. The van der Waals surface area contributed by atoms with Gasteiger partial charge >= 0.3 is 6.03 Å². The van der Waals surface area contributed by atoms with Crippen molar-refractivity contribution in [1.82, 2.24) is 15.1 Å². The number of hydrogen-bond acceptors (Lipinski definition) is 3. The molecule has 28 heavy (non-hydrogen) atoms. The number of nitrogens with one attached hydrogen (secondary N) is 2. The molecular weight excluding hydrogens is 350 g/mol. The van der Waals surface area contributed by atoms with Crippen LogP contribution in [0.1, 0.15) is 17.5 Å². The molecular formula is C22H27N5O. The Balaban J connectivity index is 1.40. The van der Waals surface area contributed by atoms with E-state index >= 15 is 0 Å². The number of amides is 2. The van der Waals surface area contributed by atoms with Crippen LogP contribution in [0.4, 0.5) is 16.2 Å². The van der Waals surface area contributed by atoms with Crippen molar-refractivity contribution in [2.45, 2.75) is 19.4 Å². The summed E-state index contributed by atoms with van der Waals surface area (Å²) in [6.07, 6.45) is 5.51. The van der Waals surface area contributed by atoms with E-state index in [9.17, 15) is 4.79 Å². The molecule has 0 saturated carbocycles. The lowest BCUT2D eigenvalue weighted by Gasteiger charge is -2.13. The number of anilines is 2. The number of carbonyl (C=O) groups excluding carboxylic acids is 1. The molecule has 0 fully saturated rings. The van der Waals surface area contributed by atoms with Crippen molar-refractivity contribution in [2.75, 3.05) is 30.9 Å². The molecule has 0 aliphatic rings. The zero-order chi connectivity index (χ0) is 19.8. The van der Waals surface area contributed by atoms with E-state index in [-0.39, 0.29) is 6.03 Å². The molecule has 3 rings (SSSR count). The van der Waals surface area contributed by atoms with E-state index in [0.717, 1.165) is 24.1 Å². The number of carbonyl (C=O) groups is 1. The van der Waals surface area contributed by atoms with Gasteiger partial charge in [-0.1, -0.05) is 24.3 Å².